The number of Topliss-reactive ketones (excluding diaryl/α,β-unsaturated/α-hetero) is 1. The first kappa shape index (κ1) is 28.3. The fourth-order valence-corrected chi connectivity index (χ4v) is 4.94. The van der Waals surface area contributed by atoms with E-state index in [2.05, 4.69) is 5.16 Å². The maximum atomic E-state index is 13.2. The lowest BCUT2D eigenvalue weighted by atomic mass is 9.73. The Kier molecular flexibility index (Phi) is 8.96. The van der Waals surface area contributed by atoms with Crippen LogP contribution in [0, 0.1) is 17.3 Å². The van der Waals surface area contributed by atoms with Gasteiger partial charge in [-0.3, -0.25) is 9.59 Å². The van der Waals surface area contributed by atoms with E-state index in [1.54, 1.807) is 39.8 Å². The third-order valence-corrected chi connectivity index (χ3v) is 7.91. The van der Waals surface area contributed by atoms with Gasteiger partial charge in [-0.25, -0.2) is 0 Å². The van der Waals surface area contributed by atoms with E-state index in [0.29, 0.717) is 17.9 Å². The van der Waals surface area contributed by atoms with E-state index in [9.17, 15) is 19.8 Å². The summed E-state index contributed by atoms with van der Waals surface area (Å²) in [6.45, 7) is 10.6. The second kappa shape index (κ2) is 11.4. The molecule has 7 atom stereocenters. The number of hydrogen-bond acceptors (Lipinski definition) is 8. The molecule has 2 N–H and O–H groups in total. The molecule has 2 fully saturated rings. The summed E-state index contributed by atoms with van der Waals surface area (Å²) in [5, 5.41) is 25.9. The molecule has 8 heteroatoms. The second-order valence-corrected chi connectivity index (χ2v) is 11.2. The third-order valence-electron chi connectivity index (χ3n) is 7.91. The third kappa shape index (κ3) is 6.72. The Morgan fingerprint density at radius 2 is 1.78 bits per heavy atom. The fraction of sp³-hybridized carbons (Fsp3) is 0.679. The zero-order valence-corrected chi connectivity index (χ0v) is 22.3. The maximum Gasteiger partial charge on any atom is 0.309 e. The van der Waals surface area contributed by atoms with Crippen molar-refractivity contribution in [3.8, 4) is 5.75 Å². The quantitative estimate of drug-likeness (QED) is 0.276. The van der Waals surface area contributed by atoms with Gasteiger partial charge in [-0.05, 0) is 44.7 Å². The molecular weight excluding hydrogens is 462 g/mol. The first-order valence-corrected chi connectivity index (χ1v) is 12.9. The lowest BCUT2D eigenvalue weighted by molar-refractivity contribution is -0.153. The molecule has 1 aromatic carbocycles. The van der Waals surface area contributed by atoms with Crippen LogP contribution in [-0.4, -0.2) is 57.7 Å². The molecule has 0 spiro atoms. The molecule has 2 heterocycles. The summed E-state index contributed by atoms with van der Waals surface area (Å²) < 4.78 is 11.8. The van der Waals surface area contributed by atoms with Crippen molar-refractivity contribution in [2.75, 3.05) is 0 Å². The van der Waals surface area contributed by atoms with E-state index in [1.807, 2.05) is 32.0 Å². The molecule has 1 aromatic rings. The average molecular weight is 504 g/mol. The van der Waals surface area contributed by atoms with E-state index in [-0.39, 0.29) is 29.8 Å². The Labute approximate surface area is 214 Å². The highest BCUT2D eigenvalue weighted by atomic mass is 16.6. The Morgan fingerprint density at radius 1 is 1.11 bits per heavy atom. The van der Waals surface area contributed by atoms with Crippen molar-refractivity contribution in [1.29, 1.82) is 0 Å². The van der Waals surface area contributed by atoms with Crippen molar-refractivity contribution < 1.29 is 34.1 Å². The topological polar surface area (TPSA) is 118 Å². The van der Waals surface area contributed by atoms with Gasteiger partial charge in [0.05, 0.1) is 41.5 Å². The van der Waals surface area contributed by atoms with Crippen LogP contribution in [0.15, 0.2) is 35.5 Å². The lowest BCUT2D eigenvalue weighted by Gasteiger charge is -2.34. The number of nitrogens with zero attached hydrogens (tertiary/aromatic N) is 1. The van der Waals surface area contributed by atoms with E-state index in [0.717, 1.165) is 19.3 Å². The monoisotopic (exact) mass is 503 g/mol. The summed E-state index contributed by atoms with van der Waals surface area (Å²) in [5.41, 5.74) is -1.11. The van der Waals surface area contributed by atoms with Crippen molar-refractivity contribution in [2.24, 2.45) is 22.4 Å². The van der Waals surface area contributed by atoms with Gasteiger partial charge in [0, 0.05) is 12.3 Å². The van der Waals surface area contributed by atoms with Crippen molar-refractivity contribution in [2.45, 2.75) is 104 Å². The Morgan fingerprint density at radius 3 is 2.44 bits per heavy atom. The van der Waals surface area contributed by atoms with Crippen molar-refractivity contribution in [3.05, 3.63) is 30.3 Å². The number of benzene rings is 1. The van der Waals surface area contributed by atoms with Crippen LogP contribution < -0.4 is 4.84 Å². The number of esters is 1. The molecule has 0 radical (unpaired) electrons. The zero-order chi connectivity index (χ0) is 26.7. The summed E-state index contributed by atoms with van der Waals surface area (Å²) in [7, 11) is 0. The molecule has 0 aromatic heterocycles. The highest BCUT2D eigenvalue weighted by molar-refractivity contribution is 5.89. The Balaban J connectivity index is 1.82. The van der Waals surface area contributed by atoms with Crippen molar-refractivity contribution in [3.63, 3.8) is 0 Å². The van der Waals surface area contributed by atoms with Crippen LogP contribution in [0.5, 0.6) is 5.75 Å². The van der Waals surface area contributed by atoms with Gasteiger partial charge in [0.25, 0.3) is 0 Å². The number of ketones is 1. The van der Waals surface area contributed by atoms with E-state index < -0.39 is 35.6 Å². The van der Waals surface area contributed by atoms with Gasteiger partial charge < -0.3 is 24.5 Å². The normalized spacial score (nSPS) is 36.5. The number of ether oxygens (including phenoxy) is 2. The first-order valence-electron chi connectivity index (χ1n) is 12.9. The minimum absolute atomic E-state index is 0.0900. The van der Waals surface area contributed by atoms with Crippen LogP contribution in [0.2, 0.25) is 0 Å². The summed E-state index contributed by atoms with van der Waals surface area (Å²) in [4.78, 5) is 31.6. The number of aliphatic hydroxyl groups is 2. The minimum Gasteiger partial charge on any atom is -0.456 e. The number of fused-ring (bicyclic) bond motifs is 1. The molecular formula is C28H41NO7. The molecule has 0 bridgehead atoms. The molecule has 3 rings (SSSR count). The predicted molar refractivity (Wildman–Crippen MR) is 136 cm³/mol. The highest BCUT2D eigenvalue weighted by Gasteiger charge is 2.53. The Hall–Kier alpha value is -2.29. The molecule has 0 amide bonds. The summed E-state index contributed by atoms with van der Waals surface area (Å²) >= 11 is 0. The summed E-state index contributed by atoms with van der Waals surface area (Å²) in [6.07, 6.45) is -0.509. The van der Waals surface area contributed by atoms with Gasteiger partial charge in [-0.15, -0.1) is 0 Å². The molecule has 0 aliphatic carbocycles. The SMILES string of the molecule is C/C(=N\Oc1ccccc1)[C@@H]1C[C@@H]2O[C@]2(C)CCC[C@H](C)C(O)[C@@H](C)C(=O)C(C)(C)[C@@H](O)CC(=O)O1. The second-order valence-electron chi connectivity index (χ2n) is 11.2. The number of cyclic esters (lactones) is 1. The number of carbonyl (C=O) groups is 2. The highest BCUT2D eigenvalue weighted by Crippen LogP contribution is 2.44. The van der Waals surface area contributed by atoms with E-state index >= 15 is 0 Å². The molecule has 200 valence electrons. The van der Waals surface area contributed by atoms with Crippen LogP contribution >= 0.6 is 0 Å². The molecule has 2 aliphatic rings. The number of para-hydroxylation sites is 1. The number of rotatable bonds is 3. The Bertz CT molecular complexity index is 946. The smallest absolute Gasteiger partial charge is 0.309 e. The van der Waals surface area contributed by atoms with Gasteiger partial charge >= 0.3 is 5.97 Å². The van der Waals surface area contributed by atoms with Crippen LogP contribution in [-0.2, 0) is 19.1 Å². The average Bonchev–Trinajstić information content (AvgIpc) is 3.48. The number of aliphatic hydroxyl groups excluding tert-OH is 2. The summed E-state index contributed by atoms with van der Waals surface area (Å²) in [5.74, 6) is -1.12. The zero-order valence-electron chi connectivity index (χ0n) is 22.3. The number of hydrogen-bond donors (Lipinski definition) is 2. The minimum atomic E-state index is -1.27. The molecule has 8 nitrogen and oxygen atoms in total. The van der Waals surface area contributed by atoms with Crippen LogP contribution in [0.3, 0.4) is 0 Å². The van der Waals surface area contributed by atoms with Crippen LogP contribution in [0.25, 0.3) is 0 Å². The largest absolute Gasteiger partial charge is 0.456 e. The lowest BCUT2D eigenvalue weighted by Crippen LogP contribution is -2.46. The van der Waals surface area contributed by atoms with Crippen molar-refractivity contribution in [1.82, 2.24) is 0 Å². The van der Waals surface area contributed by atoms with Crippen molar-refractivity contribution >= 4 is 17.5 Å². The van der Waals surface area contributed by atoms with Gasteiger partial charge in [0.15, 0.2) is 5.75 Å². The van der Waals surface area contributed by atoms with Gasteiger partial charge in [0.2, 0.25) is 0 Å². The number of oxime groups is 1. The number of epoxide rings is 1. The van der Waals surface area contributed by atoms with Gasteiger partial charge in [-0.1, -0.05) is 57.5 Å². The van der Waals surface area contributed by atoms with Crippen LogP contribution in [0.4, 0.5) is 0 Å². The fourth-order valence-electron chi connectivity index (χ4n) is 4.94. The van der Waals surface area contributed by atoms with Crippen LogP contribution in [0.1, 0.15) is 73.6 Å². The number of carbonyl (C=O) groups excluding carboxylic acids is 2. The van der Waals surface area contributed by atoms with E-state index in [1.165, 1.54) is 0 Å². The molecule has 2 aliphatic heterocycles. The molecule has 0 saturated carbocycles. The molecule has 36 heavy (non-hydrogen) atoms. The summed E-state index contributed by atoms with van der Waals surface area (Å²) in [6, 6.07) is 9.09. The van der Waals surface area contributed by atoms with Gasteiger partial charge in [0.1, 0.15) is 11.9 Å². The molecule has 2 saturated heterocycles. The maximum absolute atomic E-state index is 13.2. The standard InChI is InChI=1S/C28H41NO7/c1-17-11-10-14-28(6)23(35-28)15-21(19(3)29-36-20-12-8-7-9-13-20)34-24(31)16-22(30)27(4,5)26(33)18(2)25(17)32/h7-9,12-13,17-18,21-23,25,30,32H,10-11,14-16H2,1-6H3/b29-19+/t17-,18+,21-,22-,23-,25?,28+/m0/s1. The first-order chi connectivity index (χ1) is 16.8. The van der Waals surface area contributed by atoms with E-state index in [4.69, 9.17) is 14.3 Å². The molecule has 1 unspecified atom stereocenters. The predicted octanol–water partition coefficient (Wildman–Crippen LogP) is 4.06. The van der Waals surface area contributed by atoms with Gasteiger partial charge in [-0.2, -0.15) is 0 Å².